The largest absolute Gasteiger partial charge is 0.331 e. The first kappa shape index (κ1) is 10.9. The number of benzene rings is 1. The topological polar surface area (TPSA) is 57.8 Å². The molecule has 1 aromatic carbocycles. The number of aromatic amines is 1. The van der Waals surface area contributed by atoms with Crippen LogP contribution in [-0.4, -0.2) is 32.5 Å². The van der Waals surface area contributed by atoms with Crippen LogP contribution in [0.1, 0.15) is 12.8 Å². The molecule has 5 heteroatoms. The van der Waals surface area contributed by atoms with Crippen molar-refractivity contribution in [1.82, 2.24) is 15.3 Å². The molecule has 1 saturated heterocycles. The lowest BCUT2D eigenvalue weighted by Crippen LogP contribution is -2.36. The van der Waals surface area contributed by atoms with Crippen molar-refractivity contribution in [3.63, 3.8) is 0 Å². The number of nitrogens with one attached hydrogen (secondary N) is 2. The number of piperidine rings is 1. The minimum atomic E-state index is -1.03. The van der Waals surface area contributed by atoms with E-state index in [4.69, 9.17) is 0 Å². The van der Waals surface area contributed by atoms with Crippen LogP contribution >= 0.6 is 0 Å². The highest BCUT2D eigenvalue weighted by Gasteiger charge is 2.23. The highest BCUT2D eigenvalue weighted by Crippen LogP contribution is 2.18. The smallest absolute Gasteiger partial charge is 0.197 e. The van der Waals surface area contributed by atoms with E-state index in [0.717, 1.165) is 37.0 Å². The molecular weight excluding hydrogens is 234 g/mol. The Bertz CT molecular complexity index is 512. The van der Waals surface area contributed by atoms with Crippen molar-refractivity contribution in [3.8, 4) is 0 Å². The zero-order valence-corrected chi connectivity index (χ0v) is 10.3. The summed E-state index contributed by atoms with van der Waals surface area (Å²) in [4.78, 5) is 7.56. The van der Waals surface area contributed by atoms with Crippen molar-refractivity contribution in [3.05, 3.63) is 24.3 Å². The molecule has 2 heterocycles. The summed E-state index contributed by atoms with van der Waals surface area (Å²) in [6, 6.07) is 7.79. The standard InChI is InChI=1S/C12H15N3OS/c16-17(9-4-3-7-13-8-9)12-14-10-5-1-2-6-11(10)15-12/h1-2,5-6,9,13H,3-4,7-8H2,(H,14,15)/t9-,17-/m0/s1. The number of fused-ring (bicyclic) bond motifs is 1. The summed E-state index contributed by atoms with van der Waals surface area (Å²) < 4.78 is 12.3. The monoisotopic (exact) mass is 249 g/mol. The Hall–Kier alpha value is -1.20. The average Bonchev–Trinajstić information content (AvgIpc) is 2.82. The lowest BCUT2D eigenvalue weighted by atomic mass is 10.2. The number of imidazole rings is 1. The highest BCUT2D eigenvalue weighted by atomic mass is 32.2. The number of para-hydroxylation sites is 2. The quantitative estimate of drug-likeness (QED) is 0.846. The van der Waals surface area contributed by atoms with E-state index in [1.807, 2.05) is 24.3 Å². The van der Waals surface area contributed by atoms with Gasteiger partial charge in [0.2, 0.25) is 0 Å². The molecule has 0 radical (unpaired) electrons. The van der Waals surface area contributed by atoms with Crippen LogP contribution in [0.5, 0.6) is 0 Å². The summed E-state index contributed by atoms with van der Waals surface area (Å²) in [7, 11) is -1.03. The number of hydrogen-bond donors (Lipinski definition) is 2. The van der Waals surface area contributed by atoms with Crippen LogP contribution in [-0.2, 0) is 10.8 Å². The van der Waals surface area contributed by atoms with Gasteiger partial charge in [0.25, 0.3) is 0 Å². The fourth-order valence-corrected chi connectivity index (χ4v) is 3.55. The van der Waals surface area contributed by atoms with Crippen molar-refractivity contribution >= 4 is 21.8 Å². The second-order valence-corrected chi connectivity index (χ2v) is 5.97. The molecule has 1 aliphatic heterocycles. The summed E-state index contributed by atoms with van der Waals surface area (Å²) in [5.41, 5.74) is 1.85. The fourth-order valence-electron chi connectivity index (χ4n) is 2.19. The SMILES string of the molecule is O=[S@](c1nc2ccccc2[nH]1)[C@H]1CCCNC1. The van der Waals surface area contributed by atoms with Crippen molar-refractivity contribution in [2.24, 2.45) is 0 Å². The van der Waals surface area contributed by atoms with Crippen molar-refractivity contribution < 1.29 is 4.21 Å². The van der Waals surface area contributed by atoms with Gasteiger partial charge in [-0.2, -0.15) is 0 Å². The Balaban J connectivity index is 1.89. The Morgan fingerprint density at radius 3 is 3.00 bits per heavy atom. The number of aromatic nitrogens is 2. The molecule has 0 saturated carbocycles. The summed E-state index contributed by atoms with van der Waals surface area (Å²) in [5, 5.41) is 4.08. The van der Waals surface area contributed by atoms with Crippen LogP contribution in [0.2, 0.25) is 0 Å². The Labute approximate surface area is 102 Å². The van der Waals surface area contributed by atoms with Crippen LogP contribution in [0.4, 0.5) is 0 Å². The fraction of sp³-hybridized carbons (Fsp3) is 0.417. The van der Waals surface area contributed by atoms with E-state index in [0.29, 0.717) is 5.16 Å². The second kappa shape index (κ2) is 4.58. The first-order valence-corrected chi connectivity index (χ1v) is 7.12. The summed E-state index contributed by atoms with van der Waals surface area (Å²) >= 11 is 0. The van der Waals surface area contributed by atoms with Gasteiger partial charge in [0.1, 0.15) is 0 Å². The summed E-state index contributed by atoms with van der Waals surface area (Å²) in [5.74, 6) is 0. The maximum Gasteiger partial charge on any atom is 0.197 e. The van der Waals surface area contributed by atoms with E-state index >= 15 is 0 Å². The third-order valence-electron chi connectivity index (χ3n) is 3.11. The highest BCUT2D eigenvalue weighted by molar-refractivity contribution is 7.85. The van der Waals surface area contributed by atoms with Gasteiger partial charge in [-0.05, 0) is 31.5 Å². The van der Waals surface area contributed by atoms with Gasteiger partial charge >= 0.3 is 0 Å². The van der Waals surface area contributed by atoms with Gasteiger partial charge in [-0.25, -0.2) is 4.98 Å². The molecule has 2 aromatic rings. The molecule has 1 fully saturated rings. The Morgan fingerprint density at radius 2 is 2.24 bits per heavy atom. The lowest BCUT2D eigenvalue weighted by molar-refractivity contribution is 0.518. The minimum absolute atomic E-state index is 0.185. The Morgan fingerprint density at radius 1 is 1.35 bits per heavy atom. The lowest BCUT2D eigenvalue weighted by Gasteiger charge is -2.20. The number of nitrogens with zero attached hydrogens (tertiary/aromatic N) is 1. The van der Waals surface area contributed by atoms with Crippen molar-refractivity contribution in [2.75, 3.05) is 13.1 Å². The first-order valence-electron chi connectivity index (χ1n) is 5.90. The van der Waals surface area contributed by atoms with Gasteiger partial charge in [-0.3, -0.25) is 4.21 Å². The molecular formula is C12H15N3OS. The maximum atomic E-state index is 12.3. The molecule has 1 aromatic heterocycles. The van der Waals surface area contributed by atoms with Gasteiger partial charge in [-0.15, -0.1) is 0 Å². The number of H-pyrrole nitrogens is 1. The van der Waals surface area contributed by atoms with Gasteiger partial charge in [-0.1, -0.05) is 12.1 Å². The molecule has 0 unspecified atom stereocenters. The van der Waals surface area contributed by atoms with Gasteiger partial charge in [0.05, 0.1) is 27.1 Å². The van der Waals surface area contributed by atoms with E-state index < -0.39 is 10.8 Å². The normalized spacial score (nSPS) is 22.7. The predicted octanol–water partition coefficient (Wildman–Crippen LogP) is 1.42. The van der Waals surface area contributed by atoms with Crippen molar-refractivity contribution in [2.45, 2.75) is 23.2 Å². The molecule has 17 heavy (non-hydrogen) atoms. The molecule has 0 bridgehead atoms. The van der Waals surface area contributed by atoms with E-state index in [1.165, 1.54) is 0 Å². The number of hydrogen-bond acceptors (Lipinski definition) is 3. The van der Waals surface area contributed by atoms with E-state index in [9.17, 15) is 4.21 Å². The van der Waals surface area contributed by atoms with Crippen LogP contribution < -0.4 is 5.32 Å². The van der Waals surface area contributed by atoms with Crippen LogP contribution in [0, 0.1) is 0 Å². The molecule has 2 N–H and O–H groups in total. The minimum Gasteiger partial charge on any atom is -0.331 e. The predicted molar refractivity (Wildman–Crippen MR) is 68.4 cm³/mol. The Kier molecular flexibility index (Phi) is 2.94. The molecule has 90 valence electrons. The molecule has 4 nitrogen and oxygen atoms in total. The average molecular weight is 249 g/mol. The molecule has 0 aliphatic carbocycles. The van der Waals surface area contributed by atoms with Crippen LogP contribution in [0.25, 0.3) is 11.0 Å². The van der Waals surface area contributed by atoms with E-state index in [2.05, 4.69) is 15.3 Å². The van der Waals surface area contributed by atoms with Crippen LogP contribution in [0.15, 0.2) is 29.4 Å². The van der Waals surface area contributed by atoms with E-state index in [1.54, 1.807) is 0 Å². The first-order chi connectivity index (χ1) is 8.34. The zero-order valence-electron chi connectivity index (χ0n) is 9.48. The van der Waals surface area contributed by atoms with Gasteiger partial charge in [0.15, 0.2) is 5.16 Å². The molecule has 0 amide bonds. The third-order valence-corrected chi connectivity index (χ3v) is 4.69. The number of rotatable bonds is 2. The third kappa shape index (κ3) is 2.12. The molecule has 1 aliphatic rings. The zero-order chi connectivity index (χ0) is 11.7. The maximum absolute atomic E-state index is 12.3. The molecule has 3 rings (SSSR count). The molecule has 2 atom stereocenters. The van der Waals surface area contributed by atoms with Crippen molar-refractivity contribution in [1.29, 1.82) is 0 Å². The van der Waals surface area contributed by atoms with Gasteiger partial charge < -0.3 is 10.3 Å². The summed E-state index contributed by atoms with van der Waals surface area (Å²) in [6.45, 7) is 1.86. The van der Waals surface area contributed by atoms with E-state index in [-0.39, 0.29) is 5.25 Å². The second-order valence-electron chi connectivity index (χ2n) is 4.32. The van der Waals surface area contributed by atoms with Crippen LogP contribution in [0.3, 0.4) is 0 Å². The summed E-state index contributed by atoms with van der Waals surface area (Å²) in [6.07, 6.45) is 2.10. The molecule has 0 spiro atoms. The van der Waals surface area contributed by atoms with Gasteiger partial charge in [0, 0.05) is 6.54 Å².